The summed E-state index contributed by atoms with van der Waals surface area (Å²) < 4.78 is 28.0. The van der Waals surface area contributed by atoms with E-state index in [1.54, 1.807) is 6.07 Å². The fraction of sp³-hybridized carbons (Fsp3) is 0.182. The van der Waals surface area contributed by atoms with Gasteiger partial charge in [0.2, 0.25) is 0 Å². The van der Waals surface area contributed by atoms with Gasteiger partial charge in [-0.05, 0) is 23.8 Å². The van der Waals surface area contributed by atoms with Crippen LogP contribution in [0.25, 0.3) is 6.08 Å². The number of hydrogen-bond donors (Lipinski definition) is 1. The first kappa shape index (κ1) is 14.5. The topological polar surface area (TPSA) is 87.4 Å². The first-order valence-electron chi connectivity index (χ1n) is 4.68. The van der Waals surface area contributed by atoms with Gasteiger partial charge in [0.1, 0.15) is 11.0 Å². The van der Waals surface area contributed by atoms with E-state index in [-0.39, 0.29) is 16.4 Å². The zero-order valence-corrected chi connectivity index (χ0v) is 12.0. The first-order valence-corrected chi connectivity index (χ1v) is 7.36. The maximum Gasteiger partial charge on any atom is 0.185 e. The number of hydrogen-bond acceptors (Lipinski definition) is 5. The molecule has 0 heterocycles. The molecule has 0 aromatic heterocycles. The van der Waals surface area contributed by atoms with E-state index in [0.717, 1.165) is 6.26 Å². The summed E-state index contributed by atoms with van der Waals surface area (Å²) >= 11 is 3.21. The minimum atomic E-state index is -3.59. The van der Waals surface area contributed by atoms with Crippen molar-refractivity contribution in [1.29, 1.82) is 5.26 Å². The van der Waals surface area contributed by atoms with E-state index in [0.29, 0.717) is 10.0 Å². The molecule has 0 aliphatic rings. The van der Waals surface area contributed by atoms with E-state index in [4.69, 9.17) is 10.00 Å². The number of ether oxygens (including phenoxy) is 1. The van der Waals surface area contributed by atoms with E-state index in [1.165, 1.54) is 25.3 Å². The SMILES string of the molecule is COc1cc(Br)c(/C=C(\C#N)S(C)(=O)=O)cc1O. The summed E-state index contributed by atoms with van der Waals surface area (Å²) in [4.78, 5) is -0.382. The van der Waals surface area contributed by atoms with Gasteiger partial charge in [0.15, 0.2) is 21.3 Å². The molecule has 0 spiro atoms. The Morgan fingerprint density at radius 3 is 2.61 bits per heavy atom. The van der Waals surface area contributed by atoms with Gasteiger partial charge < -0.3 is 9.84 Å². The number of halogens is 1. The Bertz CT molecular complexity index is 644. The first-order chi connectivity index (χ1) is 8.29. The molecule has 18 heavy (non-hydrogen) atoms. The average molecular weight is 332 g/mol. The second kappa shape index (κ2) is 5.42. The maximum atomic E-state index is 11.3. The smallest absolute Gasteiger partial charge is 0.185 e. The number of sulfone groups is 1. The van der Waals surface area contributed by atoms with E-state index >= 15 is 0 Å². The number of rotatable bonds is 3. The predicted octanol–water partition coefficient (Wildman–Crippen LogP) is 2.07. The Morgan fingerprint density at radius 2 is 2.17 bits per heavy atom. The summed E-state index contributed by atoms with van der Waals surface area (Å²) in [6, 6.07) is 4.40. The van der Waals surface area contributed by atoms with Crippen LogP contribution in [0.4, 0.5) is 0 Å². The molecule has 0 aliphatic carbocycles. The van der Waals surface area contributed by atoms with E-state index in [1.807, 2.05) is 0 Å². The molecular formula is C11H10BrNO4S. The summed E-state index contributed by atoms with van der Waals surface area (Å²) in [5.74, 6) is 0.106. The van der Waals surface area contributed by atoms with Crippen molar-refractivity contribution in [1.82, 2.24) is 0 Å². The number of methoxy groups -OCH3 is 1. The molecule has 0 atom stereocenters. The van der Waals surface area contributed by atoms with Gasteiger partial charge in [0.05, 0.1) is 7.11 Å². The van der Waals surface area contributed by atoms with Crippen LogP contribution in [0.3, 0.4) is 0 Å². The zero-order valence-electron chi connectivity index (χ0n) is 9.64. The molecule has 0 saturated heterocycles. The molecule has 0 radical (unpaired) electrons. The normalized spacial score (nSPS) is 12.0. The number of allylic oxidation sites excluding steroid dienone is 1. The van der Waals surface area contributed by atoms with Gasteiger partial charge >= 0.3 is 0 Å². The Labute approximate surface area is 113 Å². The summed E-state index contributed by atoms with van der Waals surface area (Å²) in [6.45, 7) is 0. The molecule has 0 aliphatic heterocycles. The highest BCUT2D eigenvalue weighted by Crippen LogP contribution is 2.33. The molecule has 0 unspecified atom stereocenters. The molecule has 7 heteroatoms. The lowest BCUT2D eigenvalue weighted by Crippen LogP contribution is -1.98. The van der Waals surface area contributed by atoms with Gasteiger partial charge in [0.25, 0.3) is 0 Å². The molecule has 0 amide bonds. The third kappa shape index (κ3) is 3.24. The van der Waals surface area contributed by atoms with Crippen molar-refractivity contribution in [2.24, 2.45) is 0 Å². The standard InChI is InChI=1S/C11H10BrNO4S/c1-17-11-5-9(12)7(4-10(11)14)3-8(6-13)18(2,15)16/h3-5,14H,1-2H3/b8-3+. The van der Waals surface area contributed by atoms with Crippen molar-refractivity contribution in [2.75, 3.05) is 13.4 Å². The van der Waals surface area contributed by atoms with E-state index < -0.39 is 9.84 Å². The number of benzene rings is 1. The fourth-order valence-electron chi connectivity index (χ4n) is 1.20. The molecule has 5 nitrogen and oxygen atoms in total. The van der Waals surface area contributed by atoms with Gasteiger partial charge in [-0.3, -0.25) is 0 Å². The molecule has 0 bridgehead atoms. The molecule has 96 valence electrons. The largest absolute Gasteiger partial charge is 0.504 e. The predicted molar refractivity (Wildman–Crippen MR) is 70.8 cm³/mol. The highest BCUT2D eigenvalue weighted by molar-refractivity contribution is 9.10. The van der Waals surface area contributed by atoms with Crippen molar-refractivity contribution in [3.63, 3.8) is 0 Å². The van der Waals surface area contributed by atoms with E-state index in [9.17, 15) is 13.5 Å². The lowest BCUT2D eigenvalue weighted by atomic mass is 10.2. The highest BCUT2D eigenvalue weighted by atomic mass is 79.9. The van der Waals surface area contributed by atoms with Gasteiger partial charge in [-0.25, -0.2) is 8.42 Å². The zero-order chi connectivity index (χ0) is 13.9. The van der Waals surface area contributed by atoms with Gasteiger partial charge in [-0.2, -0.15) is 5.26 Å². The number of phenols is 1. The Hall–Kier alpha value is -1.52. The summed E-state index contributed by atoms with van der Waals surface area (Å²) in [5, 5.41) is 18.4. The molecule has 0 fully saturated rings. The Kier molecular flexibility index (Phi) is 4.38. The van der Waals surface area contributed by atoms with Crippen LogP contribution in [0.1, 0.15) is 5.56 Å². The van der Waals surface area contributed by atoms with Gasteiger partial charge in [0, 0.05) is 10.7 Å². The molecule has 1 aromatic rings. The third-order valence-electron chi connectivity index (χ3n) is 2.09. The van der Waals surface area contributed by atoms with Crippen LogP contribution >= 0.6 is 15.9 Å². The van der Waals surface area contributed by atoms with Crippen molar-refractivity contribution < 1.29 is 18.3 Å². The second-order valence-electron chi connectivity index (χ2n) is 3.44. The molecule has 1 N–H and O–H groups in total. The lowest BCUT2D eigenvalue weighted by molar-refractivity contribution is 0.373. The van der Waals surface area contributed by atoms with Crippen LogP contribution in [-0.2, 0) is 9.84 Å². The molecule has 1 aromatic carbocycles. The van der Waals surface area contributed by atoms with Gasteiger partial charge in [-0.1, -0.05) is 15.9 Å². The van der Waals surface area contributed by atoms with Crippen molar-refractivity contribution in [3.8, 4) is 17.6 Å². The minimum absolute atomic E-state index is 0.141. The second-order valence-corrected chi connectivity index (χ2v) is 6.28. The number of nitriles is 1. The molecule has 1 rings (SSSR count). The van der Waals surface area contributed by atoms with Gasteiger partial charge in [-0.15, -0.1) is 0 Å². The van der Waals surface area contributed by atoms with Crippen molar-refractivity contribution in [3.05, 3.63) is 27.1 Å². The van der Waals surface area contributed by atoms with Crippen LogP contribution in [-0.4, -0.2) is 26.9 Å². The quantitative estimate of drug-likeness (QED) is 0.856. The Balaban J connectivity index is 3.41. The van der Waals surface area contributed by atoms with Crippen molar-refractivity contribution in [2.45, 2.75) is 0 Å². The number of nitrogens with zero attached hydrogens (tertiary/aromatic N) is 1. The van der Waals surface area contributed by atoms with Crippen LogP contribution in [0.5, 0.6) is 11.5 Å². The monoisotopic (exact) mass is 331 g/mol. The summed E-state index contributed by atoms with van der Waals surface area (Å²) in [6.07, 6.45) is 2.12. The van der Waals surface area contributed by atoms with Crippen LogP contribution < -0.4 is 4.74 Å². The summed E-state index contributed by atoms with van der Waals surface area (Å²) in [7, 11) is -2.20. The molecular weight excluding hydrogens is 322 g/mol. The van der Waals surface area contributed by atoms with E-state index in [2.05, 4.69) is 15.9 Å². The Morgan fingerprint density at radius 1 is 1.56 bits per heavy atom. The van der Waals surface area contributed by atoms with Crippen LogP contribution in [0.2, 0.25) is 0 Å². The maximum absolute atomic E-state index is 11.3. The highest BCUT2D eigenvalue weighted by Gasteiger charge is 2.13. The number of aromatic hydroxyl groups is 1. The lowest BCUT2D eigenvalue weighted by Gasteiger charge is -2.06. The summed E-state index contributed by atoms with van der Waals surface area (Å²) in [5.41, 5.74) is 0.371. The molecule has 0 saturated carbocycles. The van der Waals surface area contributed by atoms with Crippen LogP contribution in [0, 0.1) is 11.3 Å². The van der Waals surface area contributed by atoms with Crippen LogP contribution in [0.15, 0.2) is 21.5 Å². The van der Waals surface area contributed by atoms with Crippen molar-refractivity contribution >= 4 is 31.8 Å². The third-order valence-corrected chi connectivity index (χ3v) is 3.79. The minimum Gasteiger partial charge on any atom is -0.504 e. The fourth-order valence-corrected chi connectivity index (χ4v) is 2.14. The number of phenolic OH excluding ortho intramolecular Hbond substituents is 1. The average Bonchev–Trinajstić information content (AvgIpc) is 2.27.